The summed E-state index contributed by atoms with van der Waals surface area (Å²) in [5.41, 5.74) is 5.63. The minimum atomic E-state index is -0.122. The van der Waals surface area contributed by atoms with Crippen LogP contribution in [0.25, 0.3) is 0 Å². The van der Waals surface area contributed by atoms with Crippen molar-refractivity contribution in [3.8, 4) is 0 Å². The highest BCUT2D eigenvalue weighted by Crippen LogP contribution is 2.10. The van der Waals surface area contributed by atoms with Gasteiger partial charge in [-0.2, -0.15) is 5.10 Å². The number of benzene rings is 1. The molecule has 0 aliphatic heterocycles. The smallest absolute Gasteiger partial charge is 0.246 e. The van der Waals surface area contributed by atoms with E-state index >= 15 is 0 Å². The van der Waals surface area contributed by atoms with E-state index in [9.17, 15) is 4.79 Å². The number of thiazole rings is 1. The van der Waals surface area contributed by atoms with Crippen molar-refractivity contribution in [3.63, 3.8) is 0 Å². The van der Waals surface area contributed by atoms with E-state index in [4.69, 9.17) is 0 Å². The number of nitrogens with zero attached hydrogens (tertiary/aromatic N) is 2. The SMILES string of the molecule is CCCCC/C(=N/NC(=O)Cc1nc(C)cs1)c1ccccc1. The first-order chi connectivity index (χ1) is 11.2. The molecular weight excluding hydrogens is 306 g/mol. The molecule has 2 aromatic rings. The third kappa shape index (κ3) is 5.94. The van der Waals surface area contributed by atoms with E-state index < -0.39 is 0 Å². The van der Waals surface area contributed by atoms with Crippen molar-refractivity contribution < 1.29 is 4.79 Å². The predicted octanol–water partition coefficient (Wildman–Crippen LogP) is 4.09. The lowest BCUT2D eigenvalue weighted by Gasteiger charge is -2.07. The Hall–Kier alpha value is -2.01. The Morgan fingerprint density at radius 2 is 2.04 bits per heavy atom. The van der Waals surface area contributed by atoms with Crippen LogP contribution >= 0.6 is 11.3 Å². The Kier molecular flexibility index (Phi) is 6.94. The van der Waals surface area contributed by atoms with E-state index in [0.717, 1.165) is 47.7 Å². The van der Waals surface area contributed by atoms with Gasteiger partial charge in [-0.05, 0) is 25.3 Å². The molecule has 0 unspecified atom stereocenters. The number of hydrogen-bond acceptors (Lipinski definition) is 4. The van der Waals surface area contributed by atoms with Gasteiger partial charge in [-0.25, -0.2) is 10.4 Å². The van der Waals surface area contributed by atoms with Crippen LogP contribution in [0, 0.1) is 6.92 Å². The second kappa shape index (κ2) is 9.20. The summed E-state index contributed by atoms with van der Waals surface area (Å²) in [4.78, 5) is 16.3. The second-order valence-electron chi connectivity index (χ2n) is 5.48. The standard InChI is InChI=1S/C18H23N3OS/c1-3-4-6-11-16(15-9-7-5-8-10-15)20-21-17(22)12-18-19-14(2)13-23-18/h5,7-10,13H,3-4,6,11-12H2,1-2H3,(H,21,22)/b20-16-. The molecule has 0 bridgehead atoms. The molecule has 0 aliphatic carbocycles. The van der Waals surface area contributed by atoms with Crippen LogP contribution in [0.2, 0.25) is 0 Å². The fourth-order valence-corrected chi connectivity index (χ4v) is 3.00. The van der Waals surface area contributed by atoms with Gasteiger partial charge in [-0.3, -0.25) is 4.79 Å². The lowest BCUT2D eigenvalue weighted by molar-refractivity contribution is -0.120. The van der Waals surface area contributed by atoms with Gasteiger partial charge in [0.2, 0.25) is 5.91 Å². The molecule has 0 aliphatic rings. The van der Waals surface area contributed by atoms with Gasteiger partial charge in [0.05, 0.1) is 12.1 Å². The first-order valence-electron chi connectivity index (χ1n) is 8.01. The number of carbonyl (C=O) groups is 1. The quantitative estimate of drug-likeness (QED) is 0.450. The lowest BCUT2D eigenvalue weighted by Crippen LogP contribution is -2.22. The van der Waals surface area contributed by atoms with E-state index in [1.165, 1.54) is 11.3 Å². The van der Waals surface area contributed by atoms with Crippen molar-refractivity contribution in [1.29, 1.82) is 0 Å². The van der Waals surface area contributed by atoms with Crippen LogP contribution in [0.5, 0.6) is 0 Å². The number of rotatable bonds is 8. The zero-order chi connectivity index (χ0) is 16.5. The number of aromatic nitrogens is 1. The fraction of sp³-hybridized carbons (Fsp3) is 0.389. The fourth-order valence-electron chi connectivity index (χ4n) is 2.23. The average molecular weight is 329 g/mol. The zero-order valence-electron chi connectivity index (χ0n) is 13.7. The molecular formula is C18H23N3OS. The monoisotopic (exact) mass is 329 g/mol. The number of unbranched alkanes of at least 4 members (excludes halogenated alkanes) is 2. The highest BCUT2D eigenvalue weighted by Gasteiger charge is 2.08. The minimum Gasteiger partial charge on any atom is -0.273 e. The van der Waals surface area contributed by atoms with Crippen LogP contribution in [0.3, 0.4) is 0 Å². The summed E-state index contributed by atoms with van der Waals surface area (Å²) in [6.45, 7) is 4.11. The maximum atomic E-state index is 12.0. The Morgan fingerprint density at radius 1 is 1.26 bits per heavy atom. The highest BCUT2D eigenvalue weighted by atomic mass is 32.1. The van der Waals surface area contributed by atoms with Crippen LogP contribution in [0.4, 0.5) is 0 Å². The summed E-state index contributed by atoms with van der Waals surface area (Å²) in [6, 6.07) is 10.0. The first-order valence-corrected chi connectivity index (χ1v) is 8.89. The van der Waals surface area contributed by atoms with Gasteiger partial charge in [0, 0.05) is 11.1 Å². The molecule has 0 saturated heterocycles. The van der Waals surface area contributed by atoms with Crippen molar-refractivity contribution in [2.45, 2.75) is 46.0 Å². The third-order valence-electron chi connectivity index (χ3n) is 3.42. The molecule has 0 spiro atoms. The van der Waals surface area contributed by atoms with Crippen molar-refractivity contribution in [1.82, 2.24) is 10.4 Å². The van der Waals surface area contributed by atoms with Crippen molar-refractivity contribution in [2.75, 3.05) is 0 Å². The molecule has 0 saturated carbocycles. The molecule has 5 heteroatoms. The van der Waals surface area contributed by atoms with Crippen LogP contribution in [-0.4, -0.2) is 16.6 Å². The number of carbonyl (C=O) groups excluding carboxylic acids is 1. The Balaban J connectivity index is 1.99. The van der Waals surface area contributed by atoms with Gasteiger partial charge in [0.15, 0.2) is 0 Å². The Bertz CT molecular complexity index is 649. The molecule has 2 rings (SSSR count). The van der Waals surface area contributed by atoms with Gasteiger partial charge in [-0.1, -0.05) is 50.1 Å². The van der Waals surface area contributed by atoms with Crippen molar-refractivity contribution in [2.24, 2.45) is 5.10 Å². The van der Waals surface area contributed by atoms with Gasteiger partial charge in [-0.15, -0.1) is 11.3 Å². The largest absolute Gasteiger partial charge is 0.273 e. The van der Waals surface area contributed by atoms with Crippen LogP contribution in [0.1, 0.15) is 48.9 Å². The third-order valence-corrected chi connectivity index (χ3v) is 4.38. The molecule has 0 fully saturated rings. The number of nitrogens with one attached hydrogen (secondary N) is 1. The molecule has 1 aromatic carbocycles. The van der Waals surface area contributed by atoms with Crippen molar-refractivity contribution in [3.05, 3.63) is 52.0 Å². The van der Waals surface area contributed by atoms with Crippen LogP contribution < -0.4 is 5.43 Å². The maximum Gasteiger partial charge on any atom is 0.246 e. The molecule has 23 heavy (non-hydrogen) atoms. The summed E-state index contributed by atoms with van der Waals surface area (Å²) in [5.74, 6) is -0.122. The highest BCUT2D eigenvalue weighted by molar-refractivity contribution is 7.09. The summed E-state index contributed by atoms with van der Waals surface area (Å²) < 4.78 is 0. The molecule has 1 heterocycles. The molecule has 0 radical (unpaired) electrons. The van der Waals surface area contributed by atoms with Gasteiger partial charge < -0.3 is 0 Å². The zero-order valence-corrected chi connectivity index (χ0v) is 14.5. The van der Waals surface area contributed by atoms with E-state index in [2.05, 4.69) is 22.4 Å². The van der Waals surface area contributed by atoms with Crippen molar-refractivity contribution >= 4 is 23.0 Å². The molecule has 1 aromatic heterocycles. The number of hydrazone groups is 1. The van der Waals surface area contributed by atoms with E-state index in [-0.39, 0.29) is 12.3 Å². The van der Waals surface area contributed by atoms with E-state index in [1.54, 1.807) is 0 Å². The van der Waals surface area contributed by atoms with E-state index in [1.807, 2.05) is 42.6 Å². The van der Waals surface area contributed by atoms with Gasteiger partial charge >= 0.3 is 0 Å². The summed E-state index contributed by atoms with van der Waals surface area (Å²) >= 11 is 1.50. The Labute approximate surface area is 141 Å². The predicted molar refractivity (Wildman–Crippen MR) is 95.8 cm³/mol. The summed E-state index contributed by atoms with van der Waals surface area (Å²) in [6.07, 6.45) is 4.55. The van der Waals surface area contributed by atoms with E-state index in [0.29, 0.717) is 0 Å². The van der Waals surface area contributed by atoms with Crippen LogP contribution in [-0.2, 0) is 11.2 Å². The molecule has 1 amide bonds. The van der Waals surface area contributed by atoms with Gasteiger partial charge in [0.1, 0.15) is 5.01 Å². The first kappa shape index (κ1) is 17.3. The summed E-state index contributed by atoms with van der Waals surface area (Å²) in [7, 11) is 0. The molecule has 0 atom stereocenters. The summed E-state index contributed by atoms with van der Waals surface area (Å²) in [5, 5.41) is 7.13. The topological polar surface area (TPSA) is 54.4 Å². The molecule has 1 N–H and O–H groups in total. The number of amides is 1. The number of aryl methyl sites for hydroxylation is 1. The molecule has 4 nitrogen and oxygen atoms in total. The minimum absolute atomic E-state index is 0.122. The normalized spacial score (nSPS) is 11.5. The maximum absolute atomic E-state index is 12.0. The Morgan fingerprint density at radius 3 is 2.70 bits per heavy atom. The lowest BCUT2D eigenvalue weighted by atomic mass is 10.0. The second-order valence-corrected chi connectivity index (χ2v) is 6.42. The number of hydrogen-bond donors (Lipinski definition) is 1. The average Bonchev–Trinajstić information content (AvgIpc) is 2.96. The van der Waals surface area contributed by atoms with Crippen LogP contribution in [0.15, 0.2) is 40.8 Å². The molecule has 122 valence electrons. The van der Waals surface area contributed by atoms with Gasteiger partial charge in [0.25, 0.3) is 0 Å².